The Morgan fingerprint density at radius 3 is 2.83 bits per heavy atom. The van der Waals surface area contributed by atoms with Crippen LogP contribution in [0.5, 0.6) is 5.75 Å². The number of nitrogens with zero attached hydrogens (tertiary/aromatic N) is 2. The molecule has 1 aliphatic heterocycles. The minimum Gasteiger partial charge on any atom is -0.495 e. The van der Waals surface area contributed by atoms with Crippen molar-refractivity contribution in [3.63, 3.8) is 0 Å². The monoisotopic (exact) mass is 340 g/mol. The van der Waals surface area contributed by atoms with Gasteiger partial charge in [-0.25, -0.2) is 0 Å². The lowest BCUT2D eigenvalue weighted by Gasteiger charge is -2.39. The maximum absolute atomic E-state index is 11.9. The van der Waals surface area contributed by atoms with Crippen LogP contribution in [0.1, 0.15) is 24.8 Å². The Bertz CT molecular complexity index is 565. The van der Waals surface area contributed by atoms with Gasteiger partial charge in [-0.2, -0.15) is 0 Å². The Balaban J connectivity index is 2.01. The van der Waals surface area contributed by atoms with Crippen molar-refractivity contribution in [2.24, 2.45) is 0 Å². The van der Waals surface area contributed by atoms with Crippen molar-refractivity contribution >= 4 is 17.5 Å². The second-order valence-electron chi connectivity index (χ2n) is 6.47. The molecule has 23 heavy (non-hydrogen) atoms. The minimum absolute atomic E-state index is 0.0400. The van der Waals surface area contributed by atoms with Crippen LogP contribution < -0.4 is 4.74 Å². The summed E-state index contributed by atoms with van der Waals surface area (Å²) in [7, 11) is 5.02. The molecule has 0 saturated carbocycles. The maximum Gasteiger partial charge on any atom is 0.224 e. The van der Waals surface area contributed by atoms with Gasteiger partial charge in [0.05, 0.1) is 24.2 Å². The number of carbonyl (C=O) groups excluding carboxylic acids is 1. The van der Waals surface area contributed by atoms with Crippen LogP contribution in [0, 0.1) is 0 Å². The summed E-state index contributed by atoms with van der Waals surface area (Å²) in [5, 5.41) is 11.3. The summed E-state index contributed by atoms with van der Waals surface area (Å²) in [6.45, 7) is 2.10. The largest absolute Gasteiger partial charge is 0.495 e. The highest BCUT2D eigenvalue weighted by atomic mass is 35.5. The van der Waals surface area contributed by atoms with Crippen LogP contribution >= 0.6 is 11.6 Å². The minimum atomic E-state index is -0.949. The van der Waals surface area contributed by atoms with Crippen molar-refractivity contribution in [3.05, 3.63) is 28.8 Å². The standard InChI is InChI=1S/C17H25ClN2O3/c1-19(2)16(21)10-17(22)7-4-8-20(12-17)11-13-5-6-15(23-3)14(18)9-13/h5-6,9,22H,4,7-8,10-12H2,1-3H3. The van der Waals surface area contributed by atoms with Crippen molar-refractivity contribution in [3.8, 4) is 5.75 Å². The molecule has 1 N–H and O–H groups in total. The molecule has 1 unspecified atom stereocenters. The lowest BCUT2D eigenvalue weighted by atomic mass is 9.89. The number of benzene rings is 1. The highest BCUT2D eigenvalue weighted by Crippen LogP contribution is 2.28. The van der Waals surface area contributed by atoms with Gasteiger partial charge in [-0.05, 0) is 37.1 Å². The maximum atomic E-state index is 11.9. The molecular weight excluding hydrogens is 316 g/mol. The van der Waals surface area contributed by atoms with Gasteiger partial charge in [0, 0.05) is 27.2 Å². The molecule has 1 heterocycles. The van der Waals surface area contributed by atoms with E-state index in [4.69, 9.17) is 16.3 Å². The smallest absolute Gasteiger partial charge is 0.224 e. The third kappa shape index (κ3) is 4.83. The molecular formula is C17H25ClN2O3. The van der Waals surface area contributed by atoms with E-state index in [9.17, 15) is 9.90 Å². The number of ether oxygens (including phenoxy) is 1. The first-order valence-electron chi connectivity index (χ1n) is 7.80. The predicted octanol–water partition coefficient (Wildman–Crippen LogP) is 2.15. The molecule has 1 aliphatic rings. The molecule has 0 aliphatic carbocycles. The summed E-state index contributed by atoms with van der Waals surface area (Å²) in [5.74, 6) is 0.615. The average Bonchev–Trinajstić information content (AvgIpc) is 2.47. The summed E-state index contributed by atoms with van der Waals surface area (Å²) in [4.78, 5) is 15.6. The SMILES string of the molecule is COc1ccc(CN2CCCC(O)(CC(=O)N(C)C)C2)cc1Cl. The zero-order valence-corrected chi connectivity index (χ0v) is 14.8. The molecule has 2 rings (SSSR count). The van der Waals surface area contributed by atoms with Gasteiger partial charge in [0.2, 0.25) is 5.91 Å². The third-order valence-electron chi connectivity index (χ3n) is 4.24. The number of methoxy groups -OCH3 is 1. The number of halogens is 1. The average molecular weight is 341 g/mol. The summed E-state index contributed by atoms with van der Waals surface area (Å²) >= 11 is 6.16. The van der Waals surface area contributed by atoms with E-state index in [1.165, 1.54) is 4.90 Å². The lowest BCUT2D eigenvalue weighted by molar-refractivity contribution is -0.136. The number of aliphatic hydroxyl groups is 1. The van der Waals surface area contributed by atoms with Gasteiger partial charge in [-0.15, -0.1) is 0 Å². The van der Waals surface area contributed by atoms with Crippen molar-refractivity contribution in [1.29, 1.82) is 0 Å². The zero-order chi connectivity index (χ0) is 17.0. The van der Waals surface area contributed by atoms with Crippen molar-refractivity contribution in [2.45, 2.75) is 31.4 Å². The number of likely N-dealkylation sites (tertiary alicyclic amines) is 1. The molecule has 0 spiro atoms. The summed E-state index contributed by atoms with van der Waals surface area (Å²) in [5.41, 5.74) is 0.120. The van der Waals surface area contributed by atoms with Crippen molar-refractivity contribution < 1.29 is 14.6 Å². The van der Waals surface area contributed by atoms with Crippen LogP contribution in [0.4, 0.5) is 0 Å². The molecule has 6 heteroatoms. The van der Waals surface area contributed by atoms with E-state index in [2.05, 4.69) is 4.90 Å². The van der Waals surface area contributed by atoms with Crippen LogP contribution in [0.25, 0.3) is 0 Å². The molecule has 1 amide bonds. The topological polar surface area (TPSA) is 53.0 Å². The molecule has 1 aromatic carbocycles. The summed E-state index contributed by atoms with van der Waals surface area (Å²) < 4.78 is 5.16. The fourth-order valence-corrected chi connectivity index (χ4v) is 3.27. The fourth-order valence-electron chi connectivity index (χ4n) is 2.99. The Kier molecular flexibility index (Phi) is 5.89. The molecule has 0 aromatic heterocycles. The van der Waals surface area contributed by atoms with E-state index in [-0.39, 0.29) is 12.3 Å². The first kappa shape index (κ1) is 18.0. The Morgan fingerprint density at radius 2 is 2.22 bits per heavy atom. The number of amides is 1. The number of β-amino-alcohol motifs (C(OH)–C–C–N with tert-alkyl or cyclic N) is 1. The van der Waals surface area contributed by atoms with Crippen molar-refractivity contribution in [1.82, 2.24) is 9.80 Å². The number of carbonyl (C=O) groups is 1. The lowest BCUT2D eigenvalue weighted by Crippen LogP contribution is -2.50. The Hall–Kier alpha value is -1.30. The Morgan fingerprint density at radius 1 is 1.48 bits per heavy atom. The van der Waals surface area contributed by atoms with Crippen LogP contribution in [0.2, 0.25) is 5.02 Å². The first-order valence-corrected chi connectivity index (χ1v) is 8.18. The summed E-state index contributed by atoms with van der Waals surface area (Å²) in [6, 6.07) is 5.71. The van der Waals surface area contributed by atoms with Gasteiger partial charge < -0.3 is 14.7 Å². The number of rotatable bonds is 5. The highest BCUT2D eigenvalue weighted by Gasteiger charge is 2.35. The number of piperidine rings is 1. The summed E-state index contributed by atoms with van der Waals surface area (Å²) in [6.07, 6.45) is 1.70. The van der Waals surface area contributed by atoms with Gasteiger partial charge in [0.15, 0.2) is 0 Å². The fraction of sp³-hybridized carbons (Fsp3) is 0.588. The van der Waals surface area contributed by atoms with E-state index in [0.29, 0.717) is 30.3 Å². The molecule has 0 bridgehead atoms. The zero-order valence-electron chi connectivity index (χ0n) is 14.0. The van der Waals surface area contributed by atoms with Gasteiger partial charge in [-0.1, -0.05) is 17.7 Å². The van der Waals surface area contributed by atoms with Gasteiger partial charge >= 0.3 is 0 Å². The van der Waals surface area contributed by atoms with Crippen LogP contribution in [-0.2, 0) is 11.3 Å². The molecule has 5 nitrogen and oxygen atoms in total. The third-order valence-corrected chi connectivity index (χ3v) is 4.53. The van der Waals surface area contributed by atoms with E-state index in [0.717, 1.165) is 18.5 Å². The van der Waals surface area contributed by atoms with E-state index < -0.39 is 5.60 Å². The van der Waals surface area contributed by atoms with Crippen LogP contribution in [-0.4, -0.2) is 60.7 Å². The molecule has 0 radical (unpaired) electrons. The van der Waals surface area contributed by atoms with Gasteiger partial charge in [0.25, 0.3) is 0 Å². The molecule has 1 fully saturated rings. The van der Waals surface area contributed by atoms with E-state index in [1.54, 1.807) is 21.2 Å². The van der Waals surface area contributed by atoms with E-state index in [1.807, 2.05) is 18.2 Å². The molecule has 1 saturated heterocycles. The number of hydrogen-bond acceptors (Lipinski definition) is 4. The van der Waals surface area contributed by atoms with Gasteiger partial charge in [-0.3, -0.25) is 9.69 Å². The second kappa shape index (κ2) is 7.51. The van der Waals surface area contributed by atoms with Crippen molar-refractivity contribution in [2.75, 3.05) is 34.3 Å². The number of hydrogen-bond donors (Lipinski definition) is 1. The predicted molar refractivity (Wildman–Crippen MR) is 90.8 cm³/mol. The molecule has 1 atom stereocenters. The van der Waals surface area contributed by atoms with Gasteiger partial charge in [0.1, 0.15) is 5.75 Å². The van der Waals surface area contributed by atoms with Crippen LogP contribution in [0.3, 0.4) is 0 Å². The van der Waals surface area contributed by atoms with Crippen LogP contribution in [0.15, 0.2) is 18.2 Å². The molecule has 1 aromatic rings. The molecule has 128 valence electrons. The first-order chi connectivity index (χ1) is 10.8. The second-order valence-corrected chi connectivity index (χ2v) is 6.88. The quantitative estimate of drug-likeness (QED) is 0.892. The van der Waals surface area contributed by atoms with E-state index >= 15 is 0 Å². The highest BCUT2D eigenvalue weighted by molar-refractivity contribution is 6.32. The normalized spacial score (nSPS) is 22.0. The Labute approximate surface area is 142 Å².